The van der Waals surface area contributed by atoms with Gasteiger partial charge in [0.2, 0.25) is 5.91 Å². The number of aromatic nitrogens is 3. The number of nitrogens with one attached hydrogen (secondary N) is 3. The van der Waals surface area contributed by atoms with Gasteiger partial charge >= 0.3 is 0 Å². The highest BCUT2D eigenvalue weighted by Crippen LogP contribution is 2.28. The number of carbonyl (C=O) groups excluding carboxylic acids is 1. The minimum atomic E-state index is 0. The van der Waals surface area contributed by atoms with Crippen LogP contribution in [0, 0.1) is 12.8 Å². The molecule has 28 heavy (non-hydrogen) atoms. The number of aliphatic imine (C=N–C) groups is 1. The van der Waals surface area contributed by atoms with E-state index in [1.54, 1.807) is 11.3 Å². The molecule has 0 saturated heterocycles. The van der Waals surface area contributed by atoms with Crippen LogP contribution in [0.15, 0.2) is 22.5 Å². The zero-order chi connectivity index (χ0) is 19.1. The van der Waals surface area contributed by atoms with E-state index in [0.717, 1.165) is 37.5 Å². The molecule has 8 nitrogen and oxygen atoms in total. The normalized spacial score (nSPS) is 13.7. The molecule has 10 heteroatoms. The Morgan fingerprint density at radius 3 is 2.64 bits per heavy atom. The molecule has 2 aromatic heterocycles. The quantitative estimate of drug-likeness (QED) is 0.203. The molecule has 1 saturated carbocycles. The number of rotatable bonds is 9. The van der Waals surface area contributed by atoms with Crippen LogP contribution in [0.25, 0.3) is 0 Å². The van der Waals surface area contributed by atoms with Crippen LogP contribution >= 0.6 is 35.3 Å². The van der Waals surface area contributed by atoms with Crippen LogP contribution in [0.3, 0.4) is 0 Å². The van der Waals surface area contributed by atoms with E-state index in [2.05, 4.69) is 48.7 Å². The standard InChI is InChI=1S/C18H27N7OS.HI/c1-13-23-24-16(25(13)2)12-22-18(20-8-7-15-4-3-11-27-15)21-10-9-19-17(26)14-5-6-14;/h3-4,11,14H,5-10,12H2,1-2H3,(H,19,26)(H2,20,21,22);1H. The summed E-state index contributed by atoms with van der Waals surface area (Å²) in [7, 11) is 1.94. The van der Waals surface area contributed by atoms with Crippen molar-refractivity contribution in [1.82, 2.24) is 30.7 Å². The Morgan fingerprint density at radius 2 is 2.00 bits per heavy atom. The smallest absolute Gasteiger partial charge is 0.223 e. The van der Waals surface area contributed by atoms with Gasteiger partial charge in [-0.1, -0.05) is 6.07 Å². The Kier molecular flexibility index (Phi) is 9.16. The number of amides is 1. The van der Waals surface area contributed by atoms with Gasteiger partial charge in [0.05, 0.1) is 0 Å². The maximum atomic E-state index is 11.7. The number of carbonyl (C=O) groups is 1. The van der Waals surface area contributed by atoms with Crippen molar-refractivity contribution in [2.24, 2.45) is 18.0 Å². The molecule has 0 bridgehead atoms. The SMILES string of the molecule is Cc1nnc(CN=C(NCCNC(=O)C2CC2)NCCc2cccs2)n1C.I. The van der Waals surface area contributed by atoms with E-state index in [9.17, 15) is 4.79 Å². The molecule has 3 rings (SSSR count). The molecule has 1 fully saturated rings. The number of hydrogen-bond donors (Lipinski definition) is 3. The number of nitrogens with zero attached hydrogens (tertiary/aromatic N) is 4. The molecule has 0 atom stereocenters. The van der Waals surface area contributed by atoms with Gasteiger partial charge in [0.15, 0.2) is 11.8 Å². The maximum absolute atomic E-state index is 11.7. The van der Waals surface area contributed by atoms with Crippen LogP contribution < -0.4 is 16.0 Å². The summed E-state index contributed by atoms with van der Waals surface area (Å²) >= 11 is 1.75. The van der Waals surface area contributed by atoms with Gasteiger partial charge < -0.3 is 20.5 Å². The average molecular weight is 517 g/mol. The Morgan fingerprint density at radius 1 is 1.25 bits per heavy atom. The summed E-state index contributed by atoms with van der Waals surface area (Å²) in [6.07, 6.45) is 2.99. The highest BCUT2D eigenvalue weighted by atomic mass is 127. The summed E-state index contributed by atoms with van der Waals surface area (Å²) in [5, 5.41) is 19.9. The van der Waals surface area contributed by atoms with Gasteiger partial charge in [-0.25, -0.2) is 4.99 Å². The lowest BCUT2D eigenvalue weighted by molar-refractivity contribution is -0.122. The molecular formula is C18H28IN7OS. The van der Waals surface area contributed by atoms with Gasteiger partial charge in [0, 0.05) is 37.5 Å². The Hall–Kier alpha value is -1.69. The summed E-state index contributed by atoms with van der Waals surface area (Å²) in [6.45, 7) is 4.37. The molecule has 2 heterocycles. The molecule has 1 aliphatic rings. The summed E-state index contributed by atoms with van der Waals surface area (Å²) in [4.78, 5) is 17.7. The van der Waals surface area contributed by atoms with Crippen LogP contribution in [0.1, 0.15) is 29.4 Å². The van der Waals surface area contributed by atoms with E-state index in [1.165, 1.54) is 4.88 Å². The molecule has 0 radical (unpaired) electrons. The minimum absolute atomic E-state index is 0. The average Bonchev–Trinajstić information content (AvgIpc) is 3.31. The summed E-state index contributed by atoms with van der Waals surface area (Å²) < 4.78 is 1.93. The van der Waals surface area contributed by atoms with Crippen molar-refractivity contribution in [1.29, 1.82) is 0 Å². The summed E-state index contributed by atoms with van der Waals surface area (Å²) in [6, 6.07) is 4.19. The van der Waals surface area contributed by atoms with Crippen LogP contribution in [-0.4, -0.2) is 46.3 Å². The van der Waals surface area contributed by atoms with E-state index in [1.807, 2.05) is 18.5 Å². The number of aryl methyl sites for hydroxylation is 1. The van der Waals surface area contributed by atoms with Gasteiger partial charge in [-0.05, 0) is 37.6 Å². The van der Waals surface area contributed by atoms with Gasteiger partial charge in [-0.3, -0.25) is 4.79 Å². The van der Waals surface area contributed by atoms with Crippen molar-refractivity contribution < 1.29 is 4.79 Å². The van der Waals surface area contributed by atoms with E-state index < -0.39 is 0 Å². The molecule has 1 amide bonds. The van der Waals surface area contributed by atoms with Crippen molar-refractivity contribution >= 4 is 47.2 Å². The third kappa shape index (κ3) is 7.04. The van der Waals surface area contributed by atoms with E-state index in [0.29, 0.717) is 25.6 Å². The van der Waals surface area contributed by atoms with Crippen molar-refractivity contribution in [2.75, 3.05) is 19.6 Å². The van der Waals surface area contributed by atoms with Crippen molar-refractivity contribution in [2.45, 2.75) is 32.7 Å². The molecule has 0 aliphatic heterocycles. The van der Waals surface area contributed by atoms with Gasteiger partial charge in [0.1, 0.15) is 12.4 Å². The van der Waals surface area contributed by atoms with E-state index in [4.69, 9.17) is 0 Å². The van der Waals surface area contributed by atoms with Crippen LogP contribution in [0.4, 0.5) is 0 Å². The third-order valence-electron chi connectivity index (χ3n) is 4.47. The maximum Gasteiger partial charge on any atom is 0.223 e. The fourth-order valence-electron chi connectivity index (χ4n) is 2.53. The first kappa shape index (κ1) is 22.6. The second-order valence-electron chi connectivity index (χ2n) is 6.64. The molecule has 3 N–H and O–H groups in total. The molecule has 1 aliphatic carbocycles. The van der Waals surface area contributed by atoms with E-state index in [-0.39, 0.29) is 35.8 Å². The van der Waals surface area contributed by atoms with E-state index >= 15 is 0 Å². The first-order valence-electron chi connectivity index (χ1n) is 9.30. The molecule has 2 aromatic rings. The lowest BCUT2D eigenvalue weighted by atomic mass is 10.3. The number of guanidine groups is 1. The number of thiophene rings is 1. The topological polar surface area (TPSA) is 96.2 Å². The Bertz CT molecular complexity index is 771. The molecule has 0 aromatic carbocycles. The highest BCUT2D eigenvalue weighted by molar-refractivity contribution is 14.0. The largest absolute Gasteiger partial charge is 0.356 e. The Balaban J connectivity index is 0.00000280. The van der Waals surface area contributed by atoms with Crippen molar-refractivity contribution in [3.8, 4) is 0 Å². The number of hydrogen-bond acceptors (Lipinski definition) is 5. The summed E-state index contributed by atoms with van der Waals surface area (Å²) in [5.74, 6) is 2.79. The summed E-state index contributed by atoms with van der Waals surface area (Å²) in [5.41, 5.74) is 0. The second-order valence-corrected chi connectivity index (χ2v) is 7.67. The van der Waals surface area contributed by atoms with Gasteiger partial charge in [-0.15, -0.1) is 45.5 Å². The van der Waals surface area contributed by atoms with Crippen molar-refractivity contribution in [3.63, 3.8) is 0 Å². The zero-order valence-corrected chi connectivity index (χ0v) is 19.4. The third-order valence-corrected chi connectivity index (χ3v) is 5.41. The lowest BCUT2D eigenvalue weighted by Gasteiger charge is -2.13. The van der Waals surface area contributed by atoms with Crippen LogP contribution in [0.5, 0.6) is 0 Å². The minimum Gasteiger partial charge on any atom is -0.356 e. The molecule has 154 valence electrons. The highest BCUT2D eigenvalue weighted by Gasteiger charge is 2.28. The first-order valence-corrected chi connectivity index (χ1v) is 10.2. The van der Waals surface area contributed by atoms with Gasteiger partial charge in [-0.2, -0.15) is 0 Å². The first-order chi connectivity index (χ1) is 13.1. The predicted molar refractivity (Wildman–Crippen MR) is 122 cm³/mol. The predicted octanol–water partition coefficient (Wildman–Crippen LogP) is 1.61. The fraction of sp³-hybridized carbons (Fsp3) is 0.556. The van der Waals surface area contributed by atoms with Crippen LogP contribution in [0.2, 0.25) is 0 Å². The monoisotopic (exact) mass is 517 g/mol. The second kappa shape index (κ2) is 11.3. The lowest BCUT2D eigenvalue weighted by Crippen LogP contribution is -2.42. The van der Waals surface area contributed by atoms with Gasteiger partial charge in [0.25, 0.3) is 0 Å². The number of halogens is 1. The Labute approximate surface area is 186 Å². The molecular weight excluding hydrogens is 489 g/mol. The molecule has 0 unspecified atom stereocenters. The zero-order valence-electron chi connectivity index (χ0n) is 16.3. The van der Waals surface area contributed by atoms with Crippen LogP contribution in [-0.2, 0) is 24.8 Å². The van der Waals surface area contributed by atoms with Crippen molar-refractivity contribution in [3.05, 3.63) is 34.0 Å². The molecule has 0 spiro atoms. The fourth-order valence-corrected chi connectivity index (χ4v) is 3.24.